The molecule has 0 atom stereocenters. The van der Waals surface area contributed by atoms with Crippen LogP contribution in [0, 0.1) is 5.82 Å². The number of rotatable bonds is 6. The van der Waals surface area contributed by atoms with E-state index in [0.29, 0.717) is 16.5 Å². The van der Waals surface area contributed by atoms with Gasteiger partial charge in [0.25, 0.3) is 0 Å². The first kappa shape index (κ1) is 21.2. The number of ether oxygens (including phenoxy) is 1. The molecule has 0 spiro atoms. The van der Waals surface area contributed by atoms with Gasteiger partial charge in [-0.3, -0.25) is 0 Å². The van der Waals surface area contributed by atoms with Crippen molar-refractivity contribution in [3.8, 4) is 16.9 Å². The maximum atomic E-state index is 15.3. The zero-order valence-electron chi connectivity index (χ0n) is 17.1. The van der Waals surface area contributed by atoms with Crippen molar-refractivity contribution in [1.82, 2.24) is 0 Å². The molecule has 0 heterocycles. The smallest absolute Gasteiger partial charge is 0.406 e. The van der Waals surface area contributed by atoms with Crippen LogP contribution in [0.15, 0.2) is 66.7 Å². The number of hydrogen-bond acceptors (Lipinski definition) is 1. The SMILES string of the molecule is CCCCCc1ccc2c(ccc3c(F)c(-c4ccc(OC(F)(F)F)cc4)ccc32)c1. The number of unbranched alkanes of at least 4 members (excludes halogenated alkanes) is 2. The van der Waals surface area contributed by atoms with E-state index in [4.69, 9.17) is 0 Å². The van der Waals surface area contributed by atoms with Crippen molar-refractivity contribution < 1.29 is 22.3 Å². The fourth-order valence-electron chi connectivity index (χ4n) is 3.95. The van der Waals surface area contributed by atoms with Gasteiger partial charge in [-0.15, -0.1) is 13.2 Å². The third-order valence-electron chi connectivity index (χ3n) is 5.48. The average Bonchev–Trinajstić information content (AvgIpc) is 2.73. The second-order valence-electron chi connectivity index (χ2n) is 7.67. The molecule has 0 fully saturated rings. The summed E-state index contributed by atoms with van der Waals surface area (Å²) in [5.41, 5.74) is 2.10. The van der Waals surface area contributed by atoms with Gasteiger partial charge in [0.1, 0.15) is 11.6 Å². The van der Waals surface area contributed by atoms with Gasteiger partial charge in [-0.2, -0.15) is 0 Å². The summed E-state index contributed by atoms with van der Waals surface area (Å²) in [6, 6.07) is 18.8. The minimum atomic E-state index is -4.76. The molecule has 1 nitrogen and oxygen atoms in total. The Kier molecular flexibility index (Phi) is 5.86. The number of aryl methyl sites for hydroxylation is 1. The highest BCUT2D eigenvalue weighted by Crippen LogP contribution is 2.34. The van der Waals surface area contributed by atoms with E-state index in [1.165, 1.54) is 42.7 Å². The molecule has 0 saturated heterocycles. The quantitative estimate of drug-likeness (QED) is 0.171. The van der Waals surface area contributed by atoms with Crippen LogP contribution in [-0.2, 0) is 6.42 Å². The molecule has 4 aromatic carbocycles. The number of halogens is 4. The summed E-state index contributed by atoms with van der Waals surface area (Å²) in [7, 11) is 0. The average molecular weight is 426 g/mol. The van der Waals surface area contributed by atoms with E-state index >= 15 is 4.39 Å². The Balaban J connectivity index is 1.68. The summed E-state index contributed by atoms with van der Waals surface area (Å²) in [6.45, 7) is 2.18. The Labute approximate surface area is 178 Å². The summed E-state index contributed by atoms with van der Waals surface area (Å²) < 4.78 is 56.3. The van der Waals surface area contributed by atoms with Crippen molar-refractivity contribution in [3.63, 3.8) is 0 Å². The Morgan fingerprint density at radius 3 is 2.19 bits per heavy atom. The largest absolute Gasteiger partial charge is 0.573 e. The van der Waals surface area contributed by atoms with Crippen molar-refractivity contribution in [2.75, 3.05) is 0 Å². The molecule has 0 N–H and O–H groups in total. The van der Waals surface area contributed by atoms with E-state index < -0.39 is 12.2 Å². The first-order chi connectivity index (χ1) is 14.9. The van der Waals surface area contributed by atoms with E-state index in [9.17, 15) is 13.2 Å². The highest BCUT2D eigenvalue weighted by molar-refractivity contribution is 6.08. The molecule has 0 amide bonds. The molecular formula is C26H22F4O. The van der Waals surface area contributed by atoms with Crippen LogP contribution in [0.25, 0.3) is 32.7 Å². The van der Waals surface area contributed by atoms with Gasteiger partial charge in [0.05, 0.1) is 0 Å². The van der Waals surface area contributed by atoms with Crippen LogP contribution in [0.4, 0.5) is 17.6 Å². The van der Waals surface area contributed by atoms with Crippen LogP contribution in [0.2, 0.25) is 0 Å². The zero-order valence-corrected chi connectivity index (χ0v) is 17.1. The first-order valence-electron chi connectivity index (χ1n) is 10.4. The third kappa shape index (κ3) is 4.66. The van der Waals surface area contributed by atoms with Gasteiger partial charge in [-0.05, 0) is 52.3 Å². The normalized spacial score (nSPS) is 11.9. The second kappa shape index (κ2) is 8.58. The fraction of sp³-hybridized carbons (Fsp3) is 0.231. The third-order valence-corrected chi connectivity index (χ3v) is 5.48. The summed E-state index contributed by atoms with van der Waals surface area (Å²) in [5.74, 6) is -0.728. The highest BCUT2D eigenvalue weighted by Gasteiger charge is 2.31. The summed E-state index contributed by atoms with van der Waals surface area (Å²) in [5, 5.41) is 3.36. The van der Waals surface area contributed by atoms with Crippen LogP contribution in [0.3, 0.4) is 0 Å². The van der Waals surface area contributed by atoms with Gasteiger partial charge in [0, 0.05) is 10.9 Å². The molecule has 0 aliphatic carbocycles. The fourth-order valence-corrected chi connectivity index (χ4v) is 3.95. The Morgan fingerprint density at radius 2 is 1.48 bits per heavy atom. The lowest BCUT2D eigenvalue weighted by atomic mass is 9.95. The monoisotopic (exact) mass is 426 g/mol. The minimum Gasteiger partial charge on any atom is -0.406 e. The molecule has 0 aliphatic rings. The lowest BCUT2D eigenvalue weighted by Crippen LogP contribution is -2.16. The molecule has 0 radical (unpaired) electrons. The first-order valence-corrected chi connectivity index (χ1v) is 10.4. The summed E-state index contributed by atoms with van der Waals surface area (Å²) >= 11 is 0. The number of hydrogen-bond donors (Lipinski definition) is 0. The summed E-state index contributed by atoms with van der Waals surface area (Å²) in [6.07, 6.45) is -0.193. The molecule has 0 unspecified atom stereocenters. The molecule has 0 aromatic heterocycles. The van der Waals surface area contributed by atoms with Gasteiger partial charge in [0.15, 0.2) is 0 Å². The van der Waals surface area contributed by atoms with Crippen LogP contribution < -0.4 is 4.74 Å². The van der Waals surface area contributed by atoms with Gasteiger partial charge >= 0.3 is 6.36 Å². The Morgan fingerprint density at radius 1 is 0.774 bits per heavy atom. The van der Waals surface area contributed by atoms with Crippen molar-refractivity contribution in [3.05, 3.63) is 78.1 Å². The molecule has 31 heavy (non-hydrogen) atoms. The minimum absolute atomic E-state index is 0.335. The van der Waals surface area contributed by atoms with Crippen molar-refractivity contribution in [2.45, 2.75) is 39.0 Å². The van der Waals surface area contributed by atoms with Gasteiger partial charge in [-0.25, -0.2) is 4.39 Å². The molecule has 4 rings (SSSR count). The van der Waals surface area contributed by atoms with E-state index in [1.807, 2.05) is 18.2 Å². The van der Waals surface area contributed by atoms with E-state index in [2.05, 4.69) is 23.8 Å². The predicted molar refractivity (Wildman–Crippen MR) is 117 cm³/mol. The topological polar surface area (TPSA) is 9.23 Å². The lowest BCUT2D eigenvalue weighted by molar-refractivity contribution is -0.274. The van der Waals surface area contributed by atoms with Crippen LogP contribution >= 0.6 is 0 Å². The van der Waals surface area contributed by atoms with E-state index in [1.54, 1.807) is 12.1 Å². The maximum absolute atomic E-state index is 15.3. The molecule has 160 valence electrons. The number of benzene rings is 4. The van der Waals surface area contributed by atoms with E-state index in [-0.39, 0.29) is 5.75 Å². The standard InChI is InChI=1S/C26H22F4O/c1-2-3-4-5-17-6-12-21-19(16-17)9-13-24-23(21)15-14-22(25(24)27)18-7-10-20(11-8-18)31-26(28,29)30/h6-16H,2-5H2,1H3. The summed E-state index contributed by atoms with van der Waals surface area (Å²) in [4.78, 5) is 0. The Hall–Kier alpha value is -3.08. The van der Waals surface area contributed by atoms with E-state index in [0.717, 1.165) is 29.0 Å². The van der Waals surface area contributed by atoms with Crippen molar-refractivity contribution >= 4 is 21.5 Å². The van der Waals surface area contributed by atoms with Crippen LogP contribution in [0.5, 0.6) is 5.75 Å². The highest BCUT2D eigenvalue weighted by atomic mass is 19.4. The van der Waals surface area contributed by atoms with Crippen LogP contribution in [-0.4, -0.2) is 6.36 Å². The molecule has 5 heteroatoms. The van der Waals surface area contributed by atoms with Gasteiger partial charge < -0.3 is 4.74 Å². The lowest BCUT2D eigenvalue weighted by Gasteiger charge is -2.12. The second-order valence-corrected chi connectivity index (χ2v) is 7.67. The number of fused-ring (bicyclic) bond motifs is 3. The van der Waals surface area contributed by atoms with Gasteiger partial charge in [0.2, 0.25) is 0 Å². The zero-order chi connectivity index (χ0) is 22.0. The molecule has 0 bridgehead atoms. The molecule has 0 saturated carbocycles. The van der Waals surface area contributed by atoms with Crippen molar-refractivity contribution in [1.29, 1.82) is 0 Å². The number of alkyl halides is 3. The molecule has 4 aromatic rings. The predicted octanol–water partition coefficient (Wildman–Crippen LogP) is 8.43. The van der Waals surface area contributed by atoms with Crippen LogP contribution in [0.1, 0.15) is 31.7 Å². The Bertz CT molecular complexity index is 1210. The van der Waals surface area contributed by atoms with Crippen molar-refractivity contribution in [2.24, 2.45) is 0 Å². The maximum Gasteiger partial charge on any atom is 0.573 e. The molecular weight excluding hydrogens is 404 g/mol. The molecule has 0 aliphatic heterocycles. The van der Waals surface area contributed by atoms with Gasteiger partial charge in [-0.1, -0.05) is 74.4 Å².